The van der Waals surface area contributed by atoms with Crippen LogP contribution in [0.5, 0.6) is 0 Å². The standard InChI is InChI=1S/C22H22ClNO4/c1-14(21(25)27-2)10-18-11-15-8-9-16(22(26)28-3)12-20(15)24(18)13-17-6-4-5-7-19(17)23/h4-9,11-12,14H,10,13H2,1-3H3. The van der Waals surface area contributed by atoms with E-state index in [-0.39, 0.29) is 11.9 Å². The van der Waals surface area contributed by atoms with Crippen molar-refractivity contribution in [2.45, 2.75) is 19.9 Å². The topological polar surface area (TPSA) is 57.5 Å². The van der Waals surface area contributed by atoms with E-state index in [1.807, 2.05) is 49.4 Å². The molecule has 1 aromatic heterocycles. The molecule has 0 fully saturated rings. The van der Waals surface area contributed by atoms with Gasteiger partial charge in [-0.05, 0) is 35.2 Å². The van der Waals surface area contributed by atoms with Gasteiger partial charge in [0.25, 0.3) is 0 Å². The van der Waals surface area contributed by atoms with Gasteiger partial charge in [0.2, 0.25) is 0 Å². The predicted molar refractivity (Wildman–Crippen MR) is 109 cm³/mol. The fourth-order valence-electron chi connectivity index (χ4n) is 3.31. The van der Waals surface area contributed by atoms with Crippen LogP contribution < -0.4 is 0 Å². The van der Waals surface area contributed by atoms with Gasteiger partial charge >= 0.3 is 11.9 Å². The summed E-state index contributed by atoms with van der Waals surface area (Å²) in [5.41, 5.74) is 3.28. The maximum absolute atomic E-state index is 12.0. The van der Waals surface area contributed by atoms with Crippen LogP contribution in [0.25, 0.3) is 10.9 Å². The number of hydrogen-bond acceptors (Lipinski definition) is 4. The van der Waals surface area contributed by atoms with Crippen LogP contribution in [-0.4, -0.2) is 30.7 Å². The van der Waals surface area contributed by atoms with Crippen LogP contribution in [0.4, 0.5) is 0 Å². The van der Waals surface area contributed by atoms with E-state index in [2.05, 4.69) is 4.57 Å². The monoisotopic (exact) mass is 399 g/mol. The summed E-state index contributed by atoms with van der Waals surface area (Å²) < 4.78 is 11.8. The average molecular weight is 400 g/mol. The summed E-state index contributed by atoms with van der Waals surface area (Å²) in [5, 5.41) is 1.65. The van der Waals surface area contributed by atoms with E-state index in [1.54, 1.807) is 6.07 Å². The van der Waals surface area contributed by atoms with Crippen molar-refractivity contribution in [3.63, 3.8) is 0 Å². The summed E-state index contributed by atoms with van der Waals surface area (Å²) in [4.78, 5) is 23.9. The highest BCUT2D eigenvalue weighted by molar-refractivity contribution is 6.31. The van der Waals surface area contributed by atoms with Crippen molar-refractivity contribution in [3.8, 4) is 0 Å². The van der Waals surface area contributed by atoms with Crippen molar-refractivity contribution >= 4 is 34.4 Å². The third kappa shape index (κ3) is 4.04. The number of carbonyl (C=O) groups is 2. The molecule has 146 valence electrons. The van der Waals surface area contributed by atoms with Crippen LogP contribution in [0.1, 0.15) is 28.5 Å². The van der Waals surface area contributed by atoms with E-state index in [1.165, 1.54) is 14.2 Å². The highest BCUT2D eigenvalue weighted by atomic mass is 35.5. The minimum atomic E-state index is -0.392. The van der Waals surface area contributed by atoms with E-state index >= 15 is 0 Å². The molecule has 0 spiro atoms. The van der Waals surface area contributed by atoms with Crippen LogP contribution in [0.3, 0.4) is 0 Å². The normalized spacial score (nSPS) is 12.0. The molecule has 0 radical (unpaired) electrons. The number of rotatable bonds is 6. The molecule has 6 heteroatoms. The van der Waals surface area contributed by atoms with E-state index in [0.29, 0.717) is 23.6 Å². The van der Waals surface area contributed by atoms with Crippen molar-refractivity contribution in [1.29, 1.82) is 0 Å². The van der Waals surface area contributed by atoms with Crippen molar-refractivity contribution in [1.82, 2.24) is 4.57 Å². The Labute approximate surface area is 168 Å². The fourth-order valence-corrected chi connectivity index (χ4v) is 3.50. The Morgan fingerprint density at radius 2 is 1.82 bits per heavy atom. The summed E-state index contributed by atoms with van der Waals surface area (Å²) in [5.74, 6) is -0.943. The lowest BCUT2D eigenvalue weighted by Crippen LogP contribution is -2.17. The number of ether oxygens (including phenoxy) is 2. The van der Waals surface area contributed by atoms with Crippen molar-refractivity contribution in [2.24, 2.45) is 5.92 Å². The number of methoxy groups -OCH3 is 2. The Kier molecular flexibility index (Phi) is 6.05. The lowest BCUT2D eigenvalue weighted by Gasteiger charge is -2.15. The highest BCUT2D eigenvalue weighted by Gasteiger charge is 2.19. The first kappa shape index (κ1) is 20.0. The van der Waals surface area contributed by atoms with Gasteiger partial charge in [-0.1, -0.05) is 42.8 Å². The zero-order chi connectivity index (χ0) is 20.3. The quantitative estimate of drug-likeness (QED) is 0.573. The molecule has 0 bridgehead atoms. The fraction of sp³-hybridized carbons (Fsp3) is 0.273. The molecule has 0 aliphatic carbocycles. The number of benzene rings is 2. The molecule has 0 saturated heterocycles. The van der Waals surface area contributed by atoms with E-state index in [0.717, 1.165) is 22.2 Å². The largest absolute Gasteiger partial charge is 0.469 e. The molecular weight excluding hydrogens is 378 g/mol. The zero-order valence-corrected chi connectivity index (χ0v) is 16.8. The molecule has 2 aromatic carbocycles. The minimum Gasteiger partial charge on any atom is -0.469 e. The van der Waals surface area contributed by atoms with Crippen LogP contribution in [0, 0.1) is 5.92 Å². The molecule has 0 aliphatic heterocycles. The molecule has 28 heavy (non-hydrogen) atoms. The number of fused-ring (bicyclic) bond motifs is 1. The number of halogens is 1. The highest BCUT2D eigenvalue weighted by Crippen LogP contribution is 2.27. The summed E-state index contributed by atoms with van der Waals surface area (Å²) >= 11 is 6.37. The summed E-state index contributed by atoms with van der Waals surface area (Å²) in [6.07, 6.45) is 0.513. The smallest absolute Gasteiger partial charge is 0.337 e. The maximum atomic E-state index is 12.0. The van der Waals surface area contributed by atoms with Crippen molar-refractivity contribution < 1.29 is 19.1 Å². The number of aromatic nitrogens is 1. The molecule has 1 unspecified atom stereocenters. The van der Waals surface area contributed by atoms with Crippen molar-refractivity contribution in [2.75, 3.05) is 14.2 Å². The molecule has 0 amide bonds. The molecular formula is C22H22ClNO4. The van der Waals surface area contributed by atoms with Gasteiger partial charge in [0.05, 0.1) is 25.7 Å². The lowest BCUT2D eigenvalue weighted by atomic mass is 10.1. The van der Waals surface area contributed by atoms with Crippen LogP contribution in [-0.2, 0) is 27.2 Å². The van der Waals surface area contributed by atoms with Gasteiger partial charge in [0.15, 0.2) is 0 Å². The Bertz CT molecular complexity index is 1020. The van der Waals surface area contributed by atoms with Crippen molar-refractivity contribution in [3.05, 3.63) is 70.4 Å². The second-order valence-electron chi connectivity index (χ2n) is 6.71. The minimum absolute atomic E-state index is 0.259. The molecule has 5 nitrogen and oxygen atoms in total. The summed E-state index contributed by atoms with van der Waals surface area (Å²) in [7, 11) is 2.75. The third-order valence-electron chi connectivity index (χ3n) is 4.82. The summed E-state index contributed by atoms with van der Waals surface area (Å²) in [6, 6.07) is 15.1. The van der Waals surface area contributed by atoms with Crippen LogP contribution in [0.15, 0.2) is 48.5 Å². The molecule has 1 atom stereocenters. The van der Waals surface area contributed by atoms with Gasteiger partial charge in [0.1, 0.15) is 0 Å². The van der Waals surface area contributed by atoms with Crippen LogP contribution >= 0.6 is 11.6 Å². The lowest BCUT2D eigenvalue weighted by molar-refractivity contribution is -0.144. The van der Waals surface area contributed by atoms with Gasteiger partial charge in [0, 0.05) is 29.2 Å². The number of carbonyl (C=O) groups excluding carboxylic acids is 2. The Morgan fingerprint density at radius 3 is 2.50 bits per heavy atom. The molecule has 1 heterocycles. The SMILES string of the molecule is COC(=O)c1ccc2cc(CC(C)C(=O)OC)n(Cc3ccccc3Cl)c2c1. The second-order valence-corrected chi connectivity index (χ2v) is 7.11. The maximum Gasteiger partial charge on any atom is 0.337 e. The predicted octanol–water partition coefficient (Wildman–Crippen LogP) is 4.48. The van der Waals surface area contributed by atoms with E-state index in [9.17, 15) is 9.59 Å². The number of esters is 2. The number of hydrogen-bond donors (Lipinski definition) is 0. The van der Waals surface area contributed by atoms with E-state index < -0.39 is 5.97 Å². The molecule has 3 aromatic rings. The average Bonchev–Trinajstić information content (AvgIpc) is 3.04. The zero-order valence-electron chi connectivity index (χ0n) is 16.1. The molecule has 0 N–H and O–H groups in total. The molecule has 0 saturated carbocycles. The second kappa shape index (κ2) is 8.48. The van der Waals surface area contributed by atoms with Gasteiger partial charge < -0.3 is 14.0 Å². The molecule has 3 rings (SSSR count). The first-order chi connectivity index (χ1) is 13.4. The van der Waals surface area contributed by atoms with Crippen LogP contribution in [0.2, 0.25) is 5.02 Å². The first-order valence-electron chi connectivity index (χ1n) is 8.96. The van der Waals surface area contributed by atoms with Gasteiger partial charge in [-0.3, -0.25) is 4.79 Å². The van der Waals surface area contributed by atoms with Gasteiger partial charge in [-0.15, -0.1) is 0 Å². The third-order valence-corrected chi connectivity index (χ3v) is 5.19. The Balaban J connectivity index is 2.11. The van der Waals surface area contributed by atoms with Gasteiger partial charge in [-0.25, -0.2) is 4.79 Å². The number of nitrogens with zero attached hydrogens (tertiary/aromatic N) is 1. The Hall–Kier alpha value is -2.79. The molecule has 0 aliphatic rings. The van der Waals surface area contributed by atoms with Gasteiger partial charge in [-0.2, -0.15) is 0 Å². The first-order valence-corrected chi connectivity index (χ1v) is 9.34. The summed E-state index contributed by atoms with van der Waals surface area (Å²) in [6.45, 7) is 2.36. The Morgan fingerprint density at radius 1 is 1.07 bits per heavy atom. The van der Waals surface area contributed by atoms with E-state index in [4.69, 9.17) is 21.1 Å².